The van der Waals surface area contributed by atoms with Gasteiger partial charge in [0.25, 0.3) is 0 Å². The zero-order valence-electron chi connectivity index (χ0n) is 41.6. The van der Waals surface area contributed by atoms with Gasteiger partial charge in [0.2, 0.25) is 0 Å². The van der Waals surface area contributed by atoms with E-state index < -0.39 is 57.8 Å². The fourth-order valence-electron chi connectivity index (χ4n) is 6.69. The number of aliphatic hydroxyl groups excluding tert-OH is 1. The summed E-state index contributed by atoms with van der Waals surface area (Å²) < 4.78 is 39.2. The molecule has 0 heterocycles. The van der Waals surface area contributed by atoms with Crippen molar-refractivity contribution in [1.82, 2.24) is 0 Å². The van der Waals surface area contributed by atoms with Crippen LogP contribution in [0.2, 0.25) is 0 Å². The number of phosphoric ester groups is 1. The predicted octanol–water partition coefficient (Wildman–Crippen LogP) is 14.6. The Kier molecular flexibility index (Phi) is 46.1. The Balaban J connectivity index is 4.85. The second kappa shape index (κ2) is 48.4. The summed E-state index contributed by atoms with van der Waals surface area (Å²) in [6, 6.07) is 0. The van der Waals surface area contributed by atoms with Crippen LogP contribution in [0.4, 0.5) is 0 Å². The van der Waals surface area contributed by atoms with Crippen LogP contribution >= 0.6 is 7.82 Å². The summed E-state index contributed by atoms with van der Waals surface area (Å²) in [4.78, 5) is 48.2. The Hall–Kier alpha value is -3.08. The molecule has 0 radical (unpaired) electrons. The van der Waals surface area contributed by atoms with Gasteiger partial charge in [0, 0.05) is 19.3 Å². The molecular weight excluding hydrogens is 856 g/mol. The van der Waals surface area contributed by atoms with E-state index in [1.807, 2.05) is 12.2 Å². The molecule has 0 saturated carbocycles. The van der Waals surface area contributed by atoms with Gasteiger partial charge in [0.15, 0.2) is 6.10 Å². The third kappa shape index (κ3) is 46.0. The molecule has 0 rings (SSSR count). The van der Waals surface area contributed by atoms with E-state index in [1.165, 1.54) is 64.2 Å². The molecule has 12 heteroatoms. The molecule has 11 nitrogen and oxygen atoms in total. The Morgan fingerprint density at radius 2 is 0.818 bits per heavy atom. The maximum atomic E-state index is 12.8. The molecule has 380 valence electrons. The number of hydrogen-bond donors (Lipinski definition) is 2. The quantitative estimate of drug-likeness (QED) is 0.0197. The number of rotatable bonds is 47. The highest BCUT2D eigenvalue weighted by Crippen LogP contribution is 2.43. The van der Waals surface area contributed by atoms with Crippen LogP contribution in [-0.2, 0) is 42.2 Å². The minimum Gasteiger partial charge on any atom is -0.462 e. The Bertz CT molecular complexity index is 1390. The van der Waals surface area contributed by atoms with Crippen LogP contribution in [0.15, 0.2) is 72.9 Å². The molecule has 0 saturated heterocycles. The van der Waals surface area contributed by atoms with E-state index in [1.54, 1.807) is 0 Å². The second-order valence-corrected chi connectivity index (χ2v) is 18.4. The molecule has 66 heavy (non-hydrogen) atoms. The molecule has 2 N–H and O–H groups in total. The standard InChI is InChI=1S/C54H93O11P/c1-4-7-10-13-16-19-22-24-25-27-30-33-36-39-42-45-54(58)65-51(47-61-52(56)43-40-37-34-31-29-26-23-20-17-14-11-8-5-2)49-63-66(59,60)62-48-50(46-55)64-53(57)44-41-38-35-32-28-21-18-15-12-9-6-3/h8,11,16-17,19-20,24-26,29,34,37,50-51,55H,4-7,9-10,12-15,18,21-23,27-28,30-33,35-36,38-49H2,1-3H3,(H,59,60)/b11-8-,19-16-,20-17-,25-24-,29-26-,37-34-. The molecule has 0 aliphatic rings. The summed E-state index contributed by atoms with van der Waals surface area (Å²) >= 11 is 0. The molecule has 0 aromatic carbocycles. The van der Waals surface area contributed by atoms with Crippen molar-refractivity contribution in [3.63, 3.8) is 0 Å². The molecule has 0 aliphatic carbocycles. The van der Waals surface area contributed by atoms with Crippen molar-refractivity contribution in [2.24, 2.45) is 0 Å². The van der Waals surface area contributed by atoms with Crippen molar-refractivity contribution in [3.05, 3.63) is 72.9 Å². The number of carbonyl (C=O) groups excluding carboxylic acids is 3. The van der Waals surface area contributed by atoms with E-state index in [-0.39, 0.29) is 25.9 Å². The number of aliphatic hydroxyl groups is 1. The lowest BCUT2D eigenvalue weighted by Crippen LogP contribution is -2.30. The normalized spacial score (nSPS) is 14.1. The van der Waals surface area contributed by atoms with E-state index >= 15 is 0 Å². The summed E-state index contributed by atoms with van der Waals surface area (Å²) in [5.74, 6) is -1.58. The van der Waals surface area contributed by atoms with Gasteiger partial charge in [-0.05, 0) is 77.0 Å². The molecule has 0 spiro atoms. The molecule has 0 bridgehead atoms. The SMILES string of the molecule is CC/C=C\C/C=C\C/C=C\C/C=C\CCC(=O)OCC(COP(=O)(O)OCC(CO)OC(=O)CCCCCCCCCCCCC)OC(=O)CCCCCCC/C=C\C/C=C\CCCCC. The maximum absolute atomic E-state index is 12.8. The van der Waals surface area contributed by atoms with Crippen LogP contribution in [0.1, 0.15) is 213 Å². The van der Waals surface area contributed by atoms with Gasteiger partial charge in [-0.1, -0.05) is 190 Å². The summed E-state index contributed by atoms with van der Waals surface area (Å²) in [6.45, 7) is 4.38. The van der Waals surface area contributed by atoms with Crippen molar-refractivity contribution >= 4 is 25.7 Å². The zero-order valence-corrected chi connectivity index (χ0v) is 42.5. The number of hydrogen-bond acceptors (Lipinski definition) is 10. The first-order chi connectivity index (χ1) is 32.2. The average Bonchev–Trinajstić information content (AvgIpc) is 3.30. The first-order valence-electron chi connectivity index (χ1n) is 25.8. The van der Waals surface area contributed by atoms with E-state index in [0.717, 1.165) is 89.9 Å². The lowest BCUT2D eigenvalue weighted by molar-refractivity contribution is -0.161. The van der Waals surface area contributed by atoms with E-state index in [4.69, 9.17) is 23.3 Å². The fraction of sp³-hybridized carbons (Fsp3) is 0.722. The van der Waals surface area contributed by atoms with Crippen LogP contribution < -0.4 is 0 Å². The highest BCUT2D eigenvalue weighted by Gasteiger charge is 2.28. The van der Waals surface area contributed by atoms with E-state index in [0.29, 0.717) is 19.3 Å². The van der Waals surface area contributed by atoms with Crippen LogP contribution in [0.3, 0.4) is 0 Å². The monoisotopic (exact) mass is 949 g/mol. The van der Waals surface area contributed by atoms with Crippen LogP contribution in [0.25, 0.3) is 0 Å². The number of ether oxygens (including phenoxy) is 3. The first kappa shape index (κ1) is 62.9. The second-order valence-electron chi connectivity index (χ2n) is 17.0. The number of esters is 3. The maximum Gasteiger partial charge on any atom is 0.472 e. The number of allylic oxidation sites excluding steroid dienone is 12. The number of carbonyl (C=O) groups is 3. The topological polar surface area (TPSA) is 155 Å². The Morgan fingerprint density at radius 1 is 0.439 bits per heavy atom. The number of phosphoric acid groups is 1. The highest BCUT2D eigenvalue weighted by molar-refractivity contribution is 7.47. The van der Waals surface area contributed by atoms with Gasteiger partial charge in [0.1, 0.15) is 12.7 Å². The Labute approximate surface area is 401 Å². The van der Waals surface area contributed by atoms with Gasteiger partial charge >= 0.3 is 25.7 Å². The summed E-state index contributed by atoms with van der Waals surface area (Å²) in [5.41, 5.74) is 0. The van der Waals surface area contributed by atoms with Gasteiger partial charge in [-0.15, -0.1) is 0 Å². The summed E-state index contributed by atoms with van der Waals surface area (Å²) in [6.07, 6.45) is 51.7. The van der Waals surface area contributed by atoms with Crippen molar-refractivity contribution in [3.8, 4) is 0 Å². The van der Waals surface area contributed by atoms with Crippen LogP contribution in [0.5, 0.6) is 0 Å². The van der Waals surface area contributed by atoms with Gasteiger partial charge in [-0.25, -0.2) is 4.57 Å². The highest BCUT2D eigenvalue weighted by atomic mass is 31.2. The first-order valence-corrected chi connectivity index (χ1v) is 27.3. The molecule has 0 aromatic rings. The number of unbranched alkanes of at least 4 members (excludes halogenated alkanes) is 18. The third-order valence-corrected chi connectivity index (χ3v) is 11.6. The van der Waals surface area contributed by atoms with E-state index in [9.17, 15) is 28.9 Å². The summed E-state index contributed by atoms with van der Waals surface area (Å²) in [7, 11) is -4.76. The van der Waals surface area contributed by atoms with Gasteiger partial charge in [-0.3, -0.25) is 23.4 Å². The molecule has 3 atom stereocenters. The fourth-order valence-corrected chi connectivity index (χ4v) is 7.48. The van der Waals surface area contributed by atoms with Gasteiger partial charge in [-0.2, -0.15) is 0 Å². The zero-order chi connectivity index (χ0) is 48.4. The van der Waals surface area contributed by atoms with Crippen molar-refractivity contribution in [2.45, 2.75) is 226 Å². The summed E-state index contributed by atoms with van der Waals surface area (Å²) in [5, 5.41) is 9.76. The predicted molar refractivity (Wildman–Crippen MR) is 270 cm³/mol. The average molecular weight is 949 g/mol. The minimum absolute atomic E-state index is 0.101. The van der Waals surface area contributed by atoms with Crippen molar-refractivity contribution in [2.75, 3.05) is 26.4 Å². The molecule has 0 fully saturated rings. The van der Waals surface area contributed by atoms with Gasteiger partial charge in [0.05, 0.1) is 19.8 Å². The van der Waals surface area contributed by atoms with Crippen molar-refractivity contribution < 1.29 is 52.2 Å². The van der Waals surface area contributed by atoms with Crippen molar-refractivity contribution in [1.29, 1.82) is 0 Å². The van der Waals surface area contributed by atoms with Crippen LogP contribution in [0, 0.1) is 0 Å². The molecule has 3 unspecified atom stereocenters. The molecule has 0 amide bonds. The Morgan fingerprint density at radius 3 is 1.30 bits per heavy atom. The van der Waals surface area contributed by atoms with E-state index in [2.05, 4.69) is 81.5 Å². The lowest BCUT2D eigenvalue weighted by atomic mass is 10.1. The molecule has 0 aromatic heterocycles. The van der Waals surface area contributed by atoms with Gasteiger partial charge < -0.3 is 24.2 Å². The lowest BCUT2D eigenvalue weighted by Gasteiger charge is -2.21. The smallest absolute Gasteiger partial charge is 0.462 e. The molecular formula is C54H93O11P. The third-order valence-electron chi connectivity index (χ3n) is 10.6. The molecule has 0 aliphatic heterocycles. The largest absolute Gasteiger partial charge is 0.472 e. The van der Waals surface area contributed by atoms with Crippen LogP contribution in [-0.4, -0.2) is 66.5 Å². The minimum atomic E-state index is -4.76.